The van der Waals surface area contributed by atoms with Crippen LogP contribution in [0.5, 0.6) is 0 Å². The van der Waals surface area contributed by atoms with Crippen molar-refractivity contribution in [2.75, 3.05) is 5.32 Å². The summed E-state index contributed by atoms with van der Waals surface area (Å²) < 4.78 is 18.6. The molecule has 1 aromatic heterocycles. The second-order valence-corrected chi connectivity index (χ2v) is 4.46. The van der Waals surface area contributed by atoms with Crippen LogP contribution in [0.2, 0.25) is 0 Å². The molecule has 0 saturated heterocycles. The zero-order chi connectivity index (χ0) is 14.1. The first-order chi connectivity index (χ1) is 9.61. The molecule has 0 bridgehead atoms. The second kappa shape index (κ2) is 4.77. The molecule has 0 aliphatic carbocycles. The van der Waals surface area contributed by atoms with Gasteiger partial charge in [0.15, 0.2) is 5.58 Å². The molecule has 2 N–H and O–H groups in total. The van der Waals surface area contributed by atoms with Gasteiger partial charge >= 0.3 is 0 Å². The van der Waals surface area contributed by atoms with Crippen molar-refractivity contribution >= 4 is 22.6 Å². The maximum Gasteiger partial charge on any atom is 0.227 e. The Labute approximate surface area is 114 Å². The van der Waals surface area contributed by atoms with Gasteiger partial charge in [-0.15, -0.1) is 0 Å². The van der Waals surface area contributed by atoms with Gasteiger partial charge in [-0.3, -0.25) is 5.41 Å². The lowest BCUT2D eigenvalue weighted by molar-refractivity contribution is 0.616. The highest BCUT2D eigenvalue weighted by Crippen LogP contribution is 2.26. The van der Waals surface area contributed by atoms with E-state index in [1.165, 1.54) is 12.1 Å². The highest BCUT2D eigenvalue weighted by molar-refractivity contribution is 5.93. The Morgan fingerprint density at radius 3 is 2.65 bits per heavy atom. The number of benzene rings is 2. The average molecular weight is 269 g/mol. The molecule has 0 unspecified atom stereocenters. The molecule has 0 aliphatic rings. The van der Waals surface area contributed by atoms with Crippen LogP contribution in [0.1, 0.15) is 6.92 Å². The highest BCUT2D eigenvalue weighted by atomic mass is 19.1. The lowest BCUT2D eigenvalue weighted by Crippen LogP contribution is -2.04. The van der Waals surface area contributed by atoms with Crippen molar-refractivity contribution in [1.29, 1.82) is 5.41 Å². The molecule has 2 aromatic carbocycles. The van der Waals surface area contributed by atoms with E-state index in [4.69, 9.17) is 9.83 Å². The minimum atomic E-state index is -0.294. The maximum atomic E-state index is 12.9. The summed E-state index contributed by atoms with van der Waals surface area (Å²) in [5.41, 5.74) is 2.83. The van der Waals surface area contributed by atoms with E-state index in [1.54, 1.807) is 25.1 Å². The largest absolute Gasteiger partial charge is 0.436 e. The van der Waals surface area contributed by atoms with E-state index < -0.39 is 0 Å². The fraction of sp³-hybridized carbons (Fsp3) is 0.0667. The van der Waals surface area contributed by atoms with Crippen LogP contribution in [0, 0.1) is 11.2 Å². The maximum absolute atomic E-state index is 12.9. The summed E-state index contributed by atoms with van der Waals surface area (Å²) in [5, 5.41) is 10.3. The van der Waals surface area contributed by atoms with Gasteiger partial charge in [0.2, 0.25) is 5.89 Å². The second-order valence-electron chi connectivity index (χ2n) is 4.46. The van der Waals surface area contributed by atoms with Crippen molar-refractivity contribution in [3.63, 3.8) is 0 Å². The molecule has 0 spiro atoms. The summed E-state index contributed by atoms with van der Waals surface area (Å²) in [5.74, 6) is 0.504. The minimum absolute atomic E-state index is 0.294. The van der Waals surface area contributed by atoms with Gasteiger partial charge in [-0.2, -0.15) is 0 Å². The molecule has 0 amide bonds. The molecule has 0 saturated carbocycles. The number of hydrogen-bond donors (Lipinski definition) is 2. The molecule has 4 nitrogen and oxygen atoms in total. The quantitative estimate of drug-likeness (QED) is 0.545. The van der Waals surface area contributed by atoms with Gasteiger partial charge in [-0.1, -0.05) is 0 Å². The van der Waals surface area contributed by atoms with Crippen LogP contribution in [0.4, 0.5) is 10.1 Å². The normalized spacial score (nSPS) is 10.7. The number of oxazole rings is 1. The van der Waals surface area contributed by atoms with Crippen LogP contribution >= 0.6 is 0 Å². The highest BCUT2D eigenvalue weighted by Gasteiger charge is 2.09. The van der Waals surface area contributed by atoms with Crippen LogP contribution in [-0.4, -0.2) is 10.8 Å². The Hall–Kier alpha value is -2.69. The van der Waals surface area contributed by atoms with Crippen molar-refractivity contribution in [2.45, 2.75) is 6.92 Å². The van der Waals surface area contributed by atoms with Gasteiger partial charge in [0.05, 0.1) is 5.84 Å². The minimum Gasteiger partial charge on any atom is -0.436 e. The van der Waals surface area contributed by atoms with E-state index in [-0.39, 0.29) is 5.82 Å². The van der Waals surface area contributed by atoms with Crippen molar-refractivity contribution in [3.05, 3.63) is 48.3 Å². The number of rotatable bonds is 2. The third kappa shape index (κ3) is 2.38. The zero-order valence-corrected chi connectivity index (χ0v) is 10.8. The van der Waals surface area contributed by atoms with Crippen LogP contribution in [0.15, 0.2) is 46.9 Å². The third-order valence-corrected chi connectivity index (χ3v) is 2.81. The lowest BCUT2D eigenvalue weighted by atomic mass is 10.2. The summed E-state index contributed by atoms with van der Waals surface area (Å²) in [6, 6.07) is 11.4. The molecule has 0 aliphatic heterocycles. The summed E-state index contributed by atoms with van der Waals surface area (Å²) in [6.45, 7) is 1.66. The first kappa shape index (κ1) is 12.3. The van der Waals surface area contributed by atoms with E-state index >= 15 is 0 Å². The molecule has 0 atom stereocenters. The van der Waals surface area contributed by atoms with Crippen molar-refractivity contribution in [1.82, 2.24) is 4.98 Å². The molecule has 20 heavy (non-hydrogen) atoms. The third-order valence-electron chi connectivity index (χ3n) is 2.81. The summed E-state index contributed by atoms with van der Waals surface area (Å²) in [7, 11) is 0. The molecule has 100 valence electrons. The van der Waals surface area contributed by atoms with Gasteiger partial charge in [0, 0.05) is 17.3 Å². The Kier molecular flexibility index (Phi) is 2.95. The zero-order valence-electron chi connectivity index (χ0n) is 10.8. The molecule has 3 aromatic rings. The van der Waals surface area contributed by atoms with Crippen molar-refractivity contribution in [2.24, 2.45) is 0 Å². The number of anilines is 1. The average Bonchev–Trinajstić information content (AvgIpc) is 2.81. The monoisotopic (exact) mass is 269 g/mol. The summed E-state index contributed by atoms with van der Waals surface area (Å²) in [6.07, 6.45) is 0. The predicted molar refractivity (Wildman–Crippen MR) is 76.4 cm³/mol. The van der Waals surface area contributed by atoms with Crippen LogP contribution in [0.25, 0.3) is 22.6 Å². The fourth-order valence-corrected chi connectivity index (χ4v) is 1.93. The number of hydrogen-bond acceptors (Lipinski definition) is 3. The first-order valence-electron chi connectivity index (χ1n) is 6.10. The van der Waals surface area contributed by atoms with Crippen LogP contribution < -0.4 is 5.32 Å². The Balaban J connectivity index is 2.01. The molecular weight excluding hydrogens is 257 g/mol. The van der Waals surface area contributed by atoms with Gasteiger partial charge in [-0.25, -0.2) is 9.37 Å². The molecule has 5 heteroatoms. The number of nitrogens with one attached hydrogen (secondary N) is 2. The topological polar surface area (TPSA) is 61.9 Å². The SMILES string of the molecule is CC(=N)Nc1ccc2nc(-c3ccc(F)cc3)oc2c1. The first-order valence-corrected chi connectivity index (χ1v) is 6.10. The molecule has 0 fully saturated rings. The standard InChI is InChI=1S/C15H12FN3O/c1-9(17)18-12-6-7-13-14(8-12)20-15(19-13)10-2-4-11(16)5-3-10/h2-8H,1H3,(H2,17,18). The Morgan fingerprint density at radius 2 is 1.95 bits per heavy atom. The predicted octanol–water partition coefficient (Wildman–Crippen LogP) is 4.04. The van der Waals surface area contributed by atoms with Gasteiger partial charge in [0.25, 0.3) is 0 Å². The Bertz CT molecular complexity index is 777. The van der Waals surface area contributed by atoms with Gasteiger partial charge in [-0.05, 0) is 43.3 Å². The molecule has 0 radical (unpaired) electrons. The number of amidine groups is 1. The molecular formula is C15H12FN3O. The smallest absolute Gasteiger partial charge is 0.227 e. The van der Waals surface area contributed by atoms with E-state index in [2.05, 4.69) is 10.3 Å². The van der Waals surface area contributed by atoms with Crippen molar-refractivity contribution in [3.8, 4) is 11.5 Å². The number of halogens is 1. The van der Waals surface area contributed by atoms with E-state index in [0.717, 1.165) is 16.8 Å². The number of aromatic nitrogens is 1. The summed E-state index contributed by atoms with van der Waals surface area (Å²) in [4.78, 5) is 4.36. The fourth-order valence-electron chi connectivity index (χ4n) is 1.93. The Morgan fingerprint density at radius 1 is 1.20 bits per heavy atom. The van der Waals surface area contributed by atoms with E-state index in [1.807, 2.05) is 12.1 Å². The number of nitrogens with zero attached hydrogens (tertiary/aromatic N) is 1. The van der Waals surface area contributed by atoms with Gasteiger partial charge < -0.3 is 9.73 Å². The molecule has 1 heterocycles. The number of fused-ring (bicyclic) bond motifs is 1. The van der Waals surface area contributed by atoms with Crippen molar-refractivity contribution < 1.29 is 8.81 Å². The van der Waals surface area contributed by atoms with Gasteiger partial charge in [0.1, 0.15) is 11.3 Å². The summed E-state index contributed by atoms with van der Waals surface area (Å²) >= 11 is 0. The van der Waals surface area contributed by atoms with E-state index in [9.17, 15) is 4.39 Å². The van der Waals surface area contributed by atoms with Crippen LogP contribution in [0.3, 0.4) is 0 Å². The molecule has 3 rings (SSSR count). The van der Waals surface area contributed by atoms with Crippen LogP contribution in [-0.2, 0) is 0 Å². The lowest BCUT2D eigenvalue weighted by Gasteiger charge is -2.01. The van der Waals surface area contributed by atoms with E-state index in [0.29, 0.717) is 17.3 Å².